The molecule has 1 aromatic heterocycles. The number of hydrogen-bond donors (Lipinski definition) is 2. The van der Waals surface area contributed by atoms with Gasteiger partial charge in [0.15, 0.2) is 0 Å². The van der Waals surface area contributed by atoms with Crippen LogP contribution in [0.3, 0.4) is 0 Å². The second-order valence-corrected chi connectivity index (χ2v) is 6.48. The summed E-state index contributed by atoms with van der Waals surface area (Å²) in [6.45, 7) is 0. The first-order chi connectivity index (χ1) is 13.2. The lowest BCUT2D eigenvalue weighted by Gasteiger charge is -2.30. The molecule has 0 aliphatic carbocycles. The van der Waals surface area contributed by atoms with Crippen LogP contribution in [0.5, 0.6) is 11.5 Å². The number of rotatable bonds is 4. The van der Waals surface area contributed by atoms with E-state index in [-0.39, 0.29) is 18.0 Å². The van der Waals surface area contributed by atoms with E-state index in [0.717, 1.165) is 28.2 Å². The molecule has 1 aliphatic heterocycles. The summed E-state index contributed by atoms with van der Waals surface area (Å²) >= 11 is 0. The van der Waals surface area contributed by atoms with E-state index in [1.807, 2.05) is 60.8 Å². The molecule has 0 saturated carbocycles. The molecular weight excluding hydrogens is 338 g/mol. The average molecular weight is 359 g/mol. The fourth-order valence-corrected chi connectivity index (χ4v) is 3.35. The number of benzene rings is 2. The number of aromatic nitrogens is 1. The van der Waals surface area contributed by atoms with E-state index in [2.05, 4.69) is 10.3 Å². The van der Waals surface area contributed by atoms with Gasteiger partial charge in [0.25, 0.3) is 0 Å². The summed E-state index contributed by atoms with van der Waals surface area (Å²) in [5.41, 5.74) is 3.89. The molecule has 136 valence electrons. The van der Waals surface area contributed by atoms with Gasteiger partial charge in [-0.25, -0.2) is 0 Å². The van der Waals surface area contributed by atoms with Crippen LogP contribution in [0, 0.1) is 0 Å². The lowest BCUT2D eigenvalue weighted by atomic mass is 9.93. The molecule has 2 aromatic carbocycles. The van der Waals surface area contributed by atoms with Crippen LogP contribution in [0.1, 0.15) is 35.3 Å². The van der Waals surface area contributed by atoms with Gasteiger partial charge in [-0.3, -0.25) is 15.3 Å². The summed E-state index contributed by atoms with van der Waals surface area (Å²) in [7, 11) is 1.66. The third-order valence-corrected chi connectivity index (χ3v) is 4.78. The molecule has 0 bridgehead atoms. The first-order valence-corrected chi connectivity index (χ1v) is 8.89. The maximum Gasteiger partial charge on any atom is 0.127 e. The molecule has 2 N–H and O–H groups in total. The Hall–Kier alpha value is -3.18. The molecule has 0 radical (unpaired) electrons. The van der Waals surface area contributed by atoms with E-state index in [9.17, 15) is 5.11 Å². The summed E-state index contributed by atoms with van der Waals surface area (Å²) in [4.78, 5) is 9.15. The van der Waals surface area contributed by atoms with Crippen molar-refractivity contribution in [2.24, 2.45) is 4.99 Å². The number of ether oxygens (including phenoxy) is 1. The predicted octanol–water partition coefficient (Wildman–Crippen LogP) is 4.02. The second kappa shape index (κ2) is 7.60. The number of phenolic OH excluding ortho intramolecular Hbond substituents is 1. The number of pyridine rings is 1. The Morgan fingerprint density at radius 3 is 2.56 bits per heavy atom. The second-order valence-electron chi connectivity index (χ2n) is 6.48. The van der Waals surface area contributed by atoms with E-state index in [4.69, 9.17) is 9.73 Å². The number of aliphatic imine (C=N–C) groups is 1. The Morgan fingerprint density at radius 1 is 1.04 bits per heavy atom. The van der Waals surface area contributed by atoms with Gasteiger partial charge in [0.2, 0.25) is 0 Å². The molecule has 0 spiro atoms. The Balaban J connectivity index is 1.73. The monoisotopic (exact) mass is 359 g/mol. The van der Waals surface area contributed by atoms with Crippen LogP contribution in [0.4, 0.5) is 0 Å². The molecule has 4 rings (SSSR count). The van der Waals surface area contributed by atoms with Gasteiger partial charge in [-0.2, -0.15) is 0 Å². The molecule has 5 heteroatoms. The van der Waals surface area contributed by atoms with Crippen LogP contribution in [-0.2, 0) is 0 Å². The zero-order valence-electron chi connectivity index (χ0n) is 15.0. The first-order valence-electron chi connectivity index (χ1n) is 8.89. The van der Waals surface area contributed by atoms with Crippen LogP contribution in [0.25, 0.3) is 0 Å². The van der Waals surface area contributed by atoms with Crippen LogP contribution in [0.2, 0.25) is 0 Å². The number of nitrogens with zero attached hydrogens (tertiary/aromatic N) is 2. The molecule has 2 unspecified atom stereocenters. The van der Waals surface area contributed by atoms with Crippen LogP contribution in [-0.4, -0.2) is 22.9 Å². The molecule has 2 atom stereocenters. The van der Waals surface area contributed by atoms with Crippen molar-refractivity contribution in [2.45, 2.75) is 18.6 Å². The van der Waals surface area contributed by atoms with Crippen LogP contribution in [0.15, 0.2) is 78.0 Å². The van der Waals surface area contributed by atoms with E-state index >= 15 is 0 Å². The number of hydrogen-bond acceptors (Lipinski definition) is 5. The van der Waals surface area contributed by atoms with Gasteiger partial charge in [0.1, 0.15) is 17.7 Å². The highest BCUT2D eigenvalue weighted by Crippen LogP contribution is 2.34. The number of nitrogens with one attached hydrogen (secondary N) is 1. The zero-order chi connectivity index (χ0) is 18.6. The highest BCUT2D eigenvalue weighted by Gasteiger charge is 2.27. The van der Waals surface area contributed by atoms with Crippen molar-refractivity contribution in [2.75, 3.05) is 7.11 Å². The summed E-state index contributed by atoms with van der Waals surface area (Å²) in [6, 6.07) is 19.2. The van der Waals surface area contributed by atoms with Crippen molar-refractivity contribution >= 4 is 5.71 Å². The molecule has 1 aliphatic rings. The summed E-state index contributed by atoms with van der Waals surface area (Å²) in [5.74, 6) is 1.10. The molecule has 2 heterocycles. The number of aromatic hydroxyl groups is 1. The maximum absolute atomic E-state index is 10.3. The van der Waals surface area contributed by atoms with Crippen molar-refractivity contribution in [3.63, 3.8) is 0 Å². The predicted molar refractivity (Wildman–Crippen MR) is 105 cm³/mol. The topological polar surface area (TPSA) is 66.7 Å². The minimum absolute atomic E-state index is 0.0500. The van der Waals surface area contributed by atoms with Crippen molar-refractivity contribution in [1.29, 1.82) is 0 Å². The Bertz CT molecular complexity index is 939. The smallest absolute Gasteiger partial charge is 0.127 e. The van der Waals surface area contributed by atoms with E-state index < -0.39 is 0 Å². The van der Waals surface area contributed by atoms with Gasteiger partial charge < -0.3 is 9.84 Å². The molecule has 27 heavy (non-hydrogen) atoms. The van der Waals surface area contributed by atoms with Gasteiger partial charge in [-0.15, -0.1) is 0 Å². The number of phenols is 1. The van der Waals surface area contributed by atoms with Crippen LogP contribution >= 0.6 is 0 Å². The normalized spacial score (nSPS) is 19.4. The Morgan fingerprint density at radius 2 is 1.85 bits per heavy atom. The quantitative estimate of drug-likeness (QED) is 0.738. The summed E-state index contributed by atoms with van der Waals surface area (Å²) in [5, 5.41) is 13.9. The highest BCUT2D eigenvalue weighted by atomic mass is 16.5. The molecule has 3 aromatic rings. The minimum atomic E-state index is -0.228. The summed E-state index contributed by atoms with van der Waals surface area (Å²) in [6.07, 6.45) is 4.02. The Kier molecular flexibility index (Phi) is 4.85. The Labute approximate surface area is 158 Å². The lowest BCUT2D eigenvalue weighted by Crippen LogP contribution is -2.33. The SMILES string of the molecule is COc1ccc(C2=NC(c3cccnc3)NC(c3ccccc3O)C2)cc1. The molecule has 5 nitrogen and oxygen atoms in total. The van der Waals surface area contributed by atoms with Crippen molar-refractivity contribution in [1.82, 2.24) is 10.3 Å². The van der Waals surface area contributed by atoms with Crippen molar-refractivity contribution in [3.8, 4) is 11.5 Å². The lowest BCUT2D eigenvalue weighted by molar-refractivity contribution is 0.412. The molecule has 0 amide bonds. The van der Waals surface area contributed by atoms with Gasteiger partial charge in [0.05, 0.1) is 7.11 Å². The summed E-state index contributed by atoms with van der Waals surface area (Å²) < 4.78 is 5.26. The maximum atomic E-state index is 10.3. The average Bonchev–Trinajstić information content (AvgIpc) is 2.74. The van der Waals surface area contributed by atoms with Crippen molar-refractivity contribution in [3.05, 3.63) is 89.7 Å². The van der Waals surface area contributed by atoms with Gasteiger partial charge in [-0.05, 0) is 42.0 Å². The van der Waals surface area contributed by atoms with Crippen molar-refractivity contribution < 1.29 is 9.84 Å². The zero-order valence-corrected chi connectivity index (χ0v) is 15.0. The fourth-order valence-electron chi connectivity index (χ4n) is 3.35. The van der Waals surface area contributed by atoms with Gasteiger partial charge >= 0.3 is 0 Å². The number of methoxy groups -OCH3 is 1. The van der Waals surface area contributed by atoms with Gasteiger partial charge in [-0.1, -0.05) is 24.3 Å². The van der Waals surface area contributed by atoms with E-state index in [1.165, 1.54) is 0 Å². The third-order valence-electron chi connectivity index (χ3n) is 4.78. The van der Waals surface area contributed by atoms with E-state index in [1.54, 1.807) is 19.4 Å². The van der Waals surface area contributed by atoms with Gasteiger partial charge in [0, 0.05) is 41.7 Å². The van der Waals surface area contributed by atoms with Crippen LogP contribution < -0.4 is 10.1 Å². The minimum Gasteiger partial charge on any atom is -0.508 e. The first kappa shape index (κ1) is 17.2. The molecule has 0 fully saturated rings. The fraction of sp³-hybridized carbons (Fsp3) is 0.182. The molecular formula is C22H21N3O2. The highest BCUT2D eigenvalue weighted by molar-refractivity contribution is 6.01. The van der Waals surface area contributed by atoms with E-state index in [0.29, 0.717) is 6.42 Å². The number of para-hydroxylation sites is 1. The molecule has 0 saturated heterocycles. The largest absolute Gasteiger partial charge is 0.508 e. The standard InChI is InChI=1S/C22H21N3O2/c1-27-17-10-8-15(9-11-17)19-13-20(18-6-2-3-7-21(18)26)25-22(24-19)16-5-4-12-23-14-16/h2-12,14,20,22,25-26H,13H2,1H3. The third kappa shape index (κ3) is 3.68.